The largest absolute Gasteiger partial charge is 0.496 e. The van der Waals surface area contributed by atoms with Crippen molar-refractivity contribution in [3.63, 3.8) is 0 Å². The van der Waals surface area contributed by atoms with Crippen LogP contribution in [0.3, 0.4) is 0 Å². The molecule has 6 nitrogen and oxygen atoms in total. The second-order valence-corrected chi connectivity index (χ2v) is 7.91. The van der Waals surface area contributed by atoms with Crippen LogP contribution in [0.1, 0.15) is 5.56 Å². The van der Waals surface area contributed by atoms with Crippen molar-refractivity contribution in [3.8, 4) is 17.1 Å². The number of hydrogen-bond acceptors (Lipinski definition) is 4. The number of aryl methyl sites for hydroxylation is 1. The normalized spacial score (nSPS) is 12.0. The van der Waals surface area contributed by atoms with Gasteiger partial charge in [0.1, 0.15) is 11.6 Å². The second-order valence-electron chi connectivity index (χ2n) is 5.76. The molecule has 3 aromatic rings. The number of aromatic amines is 1. The fraction of sp³-hybridized carbons (Fsp3) is 0.235. The van der Waals surface area contributed by atoms with Gasteiger partial charge in [-0.3, -0.25) is 0 Å². The van der Waals surface area contributed by atoms with Crippen LogP contribution in [-0.4, -0.2) is 43.9 Å². The molecule has 0 aliphatic carbocycles. The summed E-state index contributed by atoms with van der Waals surface area (Å²) >= 11 is 0. The predicted octanol–water partition coefficient (Wildman–Crippen LogP) is 2.80. The van der Waals surface area contributed by atoms with Gasteiger partial charge in [0.05, 0.1) is 28.6 Å². The number of benzene rings is 2. The number of nitrogens with zero attached hydrogens (tertiary/aromatic N) is 2. The van der Waals surface area contributed by atoms with Gasteiger partial charge in [0.25, 0.3) is 0 Å². The van der Waals surface area contributed by atoms with E-state index in [0.717, 1.165) is 11.1 Å². The van der Waals surface area contributed by atoms with Gasteiger partial charge < -0.3 is 9.72 Å². The van der Waals surface area contributed by atoms with Crippen molar-refractivity contribution in [1.82, 2.24) is 14.3 Å². The number of imidazole rings is 1. The Hall–Kier alpha value is -2.38. The average molecular weight is 345 g/mol. The number of H-pyrrole nitrogens is 1. The number of sulfonamides is 1. The topological polar surface area (TPSA) is 75.3 Å². The number of methoxy groups -OCH3 is 1. The van der Waals surface area contributed by atoms with Gasteiger partial charge in [-0.25, -0.2) is 17.7 Å². The molecule has 0 fully saturated rings. The summed E-state index contributed by atoms with van der Waals surface area (Å²) in [5, 5.41) is 0. The molecule has 0 saturated carbocycles. The SMILES string of the molecule is COc1ccc(C)cc1-c1nc2ccc(S(=O)(=O)N(C)C)cc2[nH]1. The molecular formula is C17H19N3O3S. The molecule has 1 N–H and O–H groups in total. The van der Waals surface area contributed by atoms with E-state index in [1.165, 1.54) is 18.4 Å². The predicted molar refractivity (Wildman–Crippen MR) is 93.7 cm³/mol. The Balaban J connectivity index is 2.15. The van der Waals surface area contributed by atoms with Gasteiger partial charge in [-0.05, 0) is 37.3 Å². The Bertz CT molecular complexity index is 1010. The van der Waals surface area contributed by atoms with Crippen LogP contribution >= 0.6 is 0 Å². The molecule has 0 aliphatic rings. The molecule has 24 heavy (non-hydrogen) atoms. The summed E-state index contributed by atoms with van der Waals surface area (Å²) in [6.07, 6.45) is 0. The third kappa shape index (κ3) is 2.76. The zero-order valence-corrected chi connectivity index (χ0v) is 14.8. The Morgan fingerprint density at radius 2 is 1.88 bits per heavy atom. The first-order valence-corrected chi connectivity index (χ1v) is 8.84. The van der Waals surface area contributed by atoms with Gasteiger partial charge in [0.2, 0.25) is 10.0 Å². The van der Waals surface area contributed by atoms with Gasteiger partial charge in [-0.2, -0.15) is 0 Å². The number of hydrogen-bond donors (Lipinski definition) is 1. The van der Waals surface area contributed by atoms with E-state index in [4.69, 9.17) is 4.74 Å². The highest BCUT2D eigenvalue weighted by Gasteiger charge is 2.19. The maximum Gasteiger partial charge on any atom is 0.242 e. The quantitative estimate of drug-likeness (QED) is 0.789. The first kappa shape index (κ1) is 16.5. The summed E-state index contributed by atoms with van der Waals surface area (Å²) < 4.78 is 31.1. The summed E-state index contributed by atoms with van der Waals surface area (Å²) in [5.41, 5.74) is 3.29. The Morgan fingerprint density at radius 1 is 1.12 bits per heavy atom. The minimum atomic E-state index is -3.48. The van der Waals surface area contributed by atoms with E-state index in [2.05, 4.69) is 9.97 Å². The molecule has 1 aromatic heterocycles. The van der Waals surface area contributed by atoms with Crippen LogP contribution in [0.5, 0.6) is 5.75 Å². The summed E-state index contributed by atoms with van der Waals surface area (Å²) in [5.74, 6) is 1.35. The second kappa shape index (κ2) is 5.92. The maximum atomic E-state index is 12.3. The van der Waals surface area contributed by atoms with Crippen molar-refractivity contribution in [2.24, 2.45) is 0 Å². The average Bonchev–Trinajstić information content (AvgIpc) is 2.97. The summed E-state index contributed by atoms with van der Waals surface area (Å²) in [4.78, 5) is 7.98. The lowest BCUT2D eigenvalue weighted by atomic mass is 10.1. The third-order valence-corrected chi connectivity index (χ3v) is 5.65. The molecule has 3 rings (SSSR count). The standard InChI is InChI=1S/C17H19N3O3S/c1-11-5-8-16(23-4)13(9-11)17-18-14-7-6-12(10-15(14)19-17)24(21,22)20(2)3/h5-10H,1-4H3,(H,18,19). The van der Waals surface area contributed by atoms with Crippen molar-refractivity contribution in [3.05, 3.63) is 42.0 Å². The number of aromatic nitrogens is 2. The van der Waals surface area contributed by atoms with Crippen molar-refractivity contribution >= 4 is 21.1 Å². The smallest absolute Gasteiger partial charge is 0.242 e. The molecule has 7 heteroatoms. The van der Waals surface area contributed by atoms with Crippen LogP contribution in [0.25, 0.3) is 22.4 Å². The summed E-state index contributed by atoms with van der Waals surface area (Å²) in [6, 6.07) is 10.7. The van der Waals surface area contributed by atoms with Crippen molar-refractivity contribution in [2.75, 3.05) is 21.2 Å². The highest BCUT2D eigenvalue weighted by Crippen LogP contribution is 2.31. The van der Waals surface area contributed by atoms with Crippen LogP contribution in [0.15, 0.2) is 41.3 Å². The van der Waals surface area contributed by atoms with Crippen molar-refractivity contribution in [1.29, 1.82) is 0 Å². The van der Waals surface area contributed by atoms with Crippen LogP contribution in [0.4, 0.5) is 0 Å². The van der Waals surface area contributed by atoms with Gasteiger partial charge in [0, 0.05) is 14.1 Å². The molecule has 0 saturated heterocycles. The summed E-state index contributed by atoms with van der Waals surface area (Å²) in [7, 11) is 1.15. The molecule has 1 heterocycles. The molecule has 126 valence electrons. The highest BCUT2D eigenvalue weighted by atomic mass is 32.2. The molecular weight excluding hydrogens is 326 g/mol. The molecule has 0 spiro atoms. The zero-order valence-electron chi connectivity index (χ0n) is 14.0. The first-order chi connectivity index (χ1) is 11.3. The lowest BCUT2D eigenvalue weighted by Gasteiger charge is -2.10. The van der Waals surface area contributed by atoms with Crippen molar-refractivity contribution in [2.45, 2.75) is 11.8 Å². The molecule has 0 aliphatic heterocycles. The van der Waals surface area contributed by atoms with E-state index in [9.17, 15) is 8.42 Å². The monoisotopic (exact) mass is 345 g/mol. The number of rotatable bonds is 4. The fourth-order valence-electron chi connectivity index (χ4n) is 2.49. The van der Waals surface area contributed by atoms with Gasteiger partial charge in [-0.1, -0.05) is 11.6 Å². The lowest BCUT2D eigenvalue weighted by Crippen LogP contribution is -2.22. The Labute approximate surface area is 141 Å². The Morgan fingerprint density at radius 3 is 2.54 bits per heavy atom. The van der Waals surface area contributed by atoms with Crippen LogP contribution < -0.4 is 4.74 Å². The third-order valence-electron chi connectivity index (χ3n) is 3.84. The van der Waals surface area contributed by atoms with E-state index in [0.29, 0.717) is 22.6 Å². The van der Waals surface area contributed by atoms with E-state index >= 15 is 0 Å². The Kier molecular flexibility index (Phi) is 4.06. The molecule has 2 aromatic carbocycles. The lowest BCUT2D eigenvalue weighted by molar-refractivity contribution is 0.416. The summed E-state index contributed by atoms with van der Waals surface area (Å²) in [6.45, 7) is 1.99. The fourth-order valence-corrected chi connectivity index (χ4v) is 3.42. The number of fused-ring (bicyclic) bond motifs is 1. The van der Waals surface area contributed by atoms with Crippen LogP contribution in [-0.2, 0) is 10.0 Å². The van der Waals surface area contributed by atoms with E-state index in [-0.39, 0.29) is 4.90 Å². The minimum absolute atomic E-state index is 0.228. The van der Waals surface area contributed by atoms with Gasteiger partial charge in [-0.15, -0.1) is 0 Å². The maximum absolute atomic E-state index is 12.3. The van der Waals surface area contributed by atoms with Crippen LogP contribution in [0.2, 0.25) is 0 Å². The molecule has 0 bridgehead atoms. The molecule has 0 atom stereocenters. The first-order valence-electron chi connectivity index (χ1n) is 7.40. The van der Waals surface area contributed by atoms with Gasteiger partial charge >= 0.3 is 0 Å². The number of nitrogens with one attached hydrogen (secondary N) is 1. The highest BCUT2D eigenvalue weighted by molar-refractivity contribution is 7.89. The van der Waals surface area contributed by atoms with Crippen molar-refractivity contribution < 1.29 is 13.2 Å². The van der Waals surface area contributed by atoms with Gasteiger partial charge in [0.15, 0.2) is 0 Å². The minimum Gasteiger partial charge on any atom is -0.496 e. The molecule has 0 unspecified atom stereocenters. The van der Waals surface area contributed by atoms with E-state index in [1.807, 2.05) is 25.1 Å². The molecule has 0 radical (unpaired) electrons. The van der Waals surface area contributed by atoms with E-state index in [1.54, 1.807) is 25.3 Å². The zero-order chi connectivity index (χ0) is 17.5. The molecule has 0 amide bonds. The van der Waals surface area contributed by atoms with E-state index < -0.39 is 10.0 Å². The van der Waals surface area contributed by atoms with Crippen LogP contribution in [0, 0.1) is 6.92 Å². The number of ether oxygens (including phenoxy) is 1.